The summed E-state index contributed by atoms with van der Waals surface area (Å²) in [5.74, 6) is 0.0411. The normalized spacial score (nSPS) is 17.8. The van der Waals surface area contributed by atoms with Crippen LogP contribution in [-0.2, 0) is 4.79 Å². The summed E-state index contributed by atoms with van der Waals surface area (Å²) in [7, 11) is 0. The first-order valence-electron chi connectivity index (χ1n) is 11.8. The molecule has 0 aliphatic carbocycles. The average Bonchev–Trinajstić information content (AvgIpc) is 3.23. The highest BCUT2D eigenvalue weighted by molar-refractivity contribution is 5.92. The fraction of sp³-hybridized carbons (Fsp3) is 0.462. The van der Waals surface area contributed by atoms with Crippen molar-refractivity contribution in [2.24, 2.45) is 0 Å². The number of hydrogen-bond acceptors (Lipinski definition) is 5. The molecule has 0 unspecified atom stereocenters. The third kappa shape index (κ3) is 6.02. The van der Waals surface area contributed by atoms with Gasteiger partial charge in [-0.1, -0.05) is 12.8 Å². The number of nitrogens with zero attached hydrogens (tertiary/aromatic N) is 4. The van der Waals surface area contributed by atoms with Crippen LogP contribution in [0.4, 0.5) is 17.1 Å². The summed E-state index contributed by atoms with van der Waals surface area (Å²) in [6.07, 6.45) is 6.18. The molecule has 1 amide bonds. The van der Waals surface area contributed by atoms with E-state index in [0.717, 1.165) is 57.1 Å². The number of hydrogen-bond donors (Lipinski definition) is 1. The summed E-state index contributed by atoms with van der Waals surface area (Å²) in [5, 5.41) is 12.0. The van der Waals surface area contributed by atoms with E-state index < -0.39 is 0 Å². The number of anilines is 3. The molecule has 1 N–H and O–H groups in total. The lowest BCUT2D eigenvalue weighted by molar-refractivity contribution is -0.117. The predicted molar refractivity (Wildman–Crippen MR) is 130 cm³/mol. The van der Waals surface area contributed by atoms with Gasteiger partial charge in [0.15, 0.2) is 0 Å². The molecule has 4 rings (SSSR count). The SMILES string of the molecule is N#Cc1ccc(N2CCCN(CC(=O)Nc3ccc(N4CCCCCC4)cc3)CC2)cc1. The van der Waals surface area contributed by atoms with Crippen LogP contribution in [-0.4, -0.2) is 56.6 Å². The van der Waals surface area contributed by atoms with Gasteiger partial charge in [0.1, 0.15) is 0 Å². The van der Waals surface area contributed by atoms with Crippen LogP contribution in [0.3, 0.4) is 0 Å². The second-order valence-electron chi connectivity index (χ2n) is 8.77. The van der Waals surface area contributed by atoms with Gasteiger partial charge in [-0.05, 0) is 67.8 Å². The molecule has 2 heterocycles. The molecule has 0 spiro atoms. The second kappa shape index (κ2) is 11.0. The van der Waals surface area contributed by atoms with Gasteiger partial charge in [0.05, 0.1) is 18.2 Å². The molecule has 2 fully saturated rings. The predicted octanol–water partition coefficient (Wildman–Crippen LogP) is 4.09. The molecule has 32 heavy (non-hydrogen) atoms. The summed E-state index contributed by atoms with van der Waals surface area (Å²) in [4.78, 5) is 19.7. The summed E-state index contributed by atoms with van der Waals surface area (Å²) >= 11 is 0. The van der Waals surface area contributed by atoms with Gasteiger partial charge < -0.3 is 15.1 Å². The molecule has 2 aromatic rings. The molecule has 2 aromatic carbocycles. The van der Waals surface area contributed by atoms with E-state index >= 15 is 0 Å². The first-order chi connectivity index (χ1) is 15.7. The average molecular weight is 432 g/mol. The third-order valence-corrected chi connectivity index (χ3v) is 6.44. The Morgan fingerprint density at radius 3 is 2.00 bits per heavy atom. The van der Waals surface area contributed by atoms with Gasteiger partial charge in [-0.15, -0.1) is 0 Å². The monoisotopic (exact) mass is 431 g/mol. The maximum absolute atomic E-state index is 12.6. The van der Waals surface area contributed by atoms with Crippen molar-refractivity contribution in [3.8, 4) is 6.07 Å². The van der Waals surface area contributed by atoms with E-state index in [1.165, 1.54) is 31.4 Å². The number of carbonyl (C=O) groups is 1. The number of benzene rings is 2. The van der Waals surface area contributed by atoms with Crippen LogP contribution < -0.4 is 15.1 Å². The van der Waals surface area contributed by atoms with Crippen molar-refractivity contribution in [2.75, 3.05) is 60.9 Å². The van der Waals surface area contributed by atoms with E-state index in [9.17, 15) is 4.79 Å². The van der Waals surface area contributed by atoms with E-state index in [-0.39, 0.29) is 5.91 Å². The van der Waals surface area contributed by atoms with Crippen LogP contribution in [0.5, 0.6) is 0 Å². The smallest absolute Gasteiger partial charge is 0.238 e. The standard InChI is InChI=1S/C26H33N5O/c27-20-22-6-10-24(11-7-22)31-17-5-14-29(18-19-31)21-26(32)28-23-8-12-25(13-9-23)30-15-3-1-2-4-16-30/h6-13H,1-5,14-19,21H2,(H,28,32). The maximum atomic E-state index is 12.6. The molecule has 0 radical (unpaired) electrons. The molecule has 0 saturated carbocycles. The zero-order chi connectivity index (χ0) is 22.2. The van der Waals surface area contributed by atoms with Gasteiger partial charge in [-0.25, -0.2) is 0 Å². The van der Waals surface area contributed by atoms with Crippen molar-refractivity contribution in [3.05, 3.63) is 54.1 Å². The minimum atomic E-state index is 0.0411. The van der Waals surface area contributed by atoms with Crippen LogP contribution in [0.15, 0.2) is 48.5 Å². The third-order valence-electron chi connectivity index (χ3n) is 6.44. The molecule has 2 aliphatic heterocycles. The minimum Gasteiger partial charge on any atom is -0.372 e. The molecular weight excluding hydrogens is 398 g/mol. The van der Waals surface area contributed by atoms with Crippen molar-refractivity contribution in [1.29, 1.82) is 5.26 Å². The largest absolute Gasteiger partial charge is 0.372 e. The lowest BCUT2D eigenvalue weighted by atomic mass is 10.2. The van der Waals surface area contributed by atoms with Crippen LogP contribution in [0.25, 0.3) is 0 Å². The molecule has 0 aromatic heterocycles. The van der Waals surface area contributed by atoms with Crippen molar-refractivity contribution in [1.82, 2.24) is 4.90 Å². The van der Waals surface area contributed by atoms with Crippen molar-refractivity contribution < 1.29 is 4.79 Å². The number of amides is 1. The fourth-order valence-electron chi connectivity index (χ4n) is 4.62. The molecule has 6 nitrogen and oxygen atoms in total. The lowest BCUT2D eigenvalue weighted by Gasteiger charge is -2.24. The number of rotatable bonds is 5. The van der Waals surface area contributed by atoms with Crippen LogP contribution >= 0.6 is 0 Å². The van der Waals surface area contributed by atoms with Crippen molar-refractivity contribution in [3.63, 3.8) is 0 Å². The number of carbonyl (C=O) groups excluding carboxylic acids is 1. The quantitative estimate of drug-likeness (QED) is 0.773. The second-order valence-corrected chi connectivity index (χ2v) is 8.77. The Morgan fingerprint density at radius 1 is 0.750 bits per heavy atom. The fourth-order valence-corrected chi connectivity index (χ4v) is 4.62. The zero-order valence-corrected chi connectivity index (χ0v) is 18.8. The molecule has 2 aliphatic rings. The van der Waals surface area contributed by atoms with Crippen molar-refractivity contribution >= 4 is 23.0 Å². The minimum absolute atomic E-state index is 0.0411. The summed E-state index contributed by atoms with van der Waals surface area (Å²) in [5.41, 5.74) is 3.93. The summed E-state index contributed by atoms with van der Waals surface area (Å²) in [6.45, 7) is 6.26. The van der Waals surface area contributed by atoms with Gasteiger partial charge in [0, 0.05) is 56.3 Å². The molecule has 2 saturated heterocycles. The van der Waals surface area contributed by atoms with Gasteiger partial charge in [-0.2, -0.15) is 5.26 Å². The Bertz CT molecular complexity index is 911. The zero-order valence-electron chi connectivity index (χ0n) is 18.8. The van der Waals surface area contributed by atoms with Crippen LogP contribution in [0, 0.1) is 11.3 Å². The Hall–Kier alpha value is -3.04. The number of nitrogens with one attached hydrogen (secondary N) is 1. The van der Waals surface area contributed by atoms with Crippen LogP contribution in [0.1, 0.15) is 37.7 Å². The Labute approximate surface area is 191 Å². The Kier molecular flexibility index (Phi) is 7.63. The topological polar surface area (TPSA) is 62.6 Å². The molecule has 0 bridgehead atoms. The van der Waals surface area contributed by atoms with Crippen molar-refractivity contribution in [2.45, 2.75) is 32.1 Å². The highest BCUT2D eigenvalue weighted by Crippen LogP contribution is 2.22. The maximum Gasteiger partial charge on any atom is 0.238 e. The van der Waals surface area contributed by atoms with E-state index in [1.54, 1.807) is 0 Å². The first kappa shape index (κ1) is 22.2. The molecule has 0 atom stereocenters. The lowest BCUT2D eigenvalue weighted by Crippen LogP contribution is -2.36. The Morgan fingerprint density at radius 2 is 1.34 bits per heavy atom. The molecular formula is C26H33N5O. The highest BCUT2D eigenvalue weighted by Gasteiger charge is 2.18. The van der Waals surface area contributed by atoms with Crippen LogP contribution in [0.2, 0.25) is 0 Å². The Balaban J connectivity index is 1.26. The van der Waals surface area contributed by atoms with E-state index in [1.807, 2.05) is 36.4 Å². The first-order valence-corrected chi connectivity index (χ1v) is 11.8. The summed E-state index contributed by atoms with van der Waals surface area (Å²) in [6, 6.07) is 18.2. The van der Waals surface area contributed by atoms with Gasteiger partial charge in [0.2, 0.25) is 5.91 Å². The van der Waals surface area contributed by atoms with E-state index in [0.29, 0.717) is 12.1 Å². The summed E-state index contributed by atoms with van der Waals surface area (Å²) < 4.78 is 0. The highest BCUT2D eigenvalue weighted by atomic mass is 16.2. The van der Waals surface area contributed by atoms with Gasteiger partial charge in [0.25, 0.3) is 0 Å². The number of nitriles is 1. The van der Waals surface area contributed by atoms with Gasteiger partial charge >= 0.3 is 0 Å². The van der Waals surface area contributed by atoms with Gasteiger partial charge in [-0.3, -0.25) is 9.69 Å². The van der Waals surface area contributed by atoms with E-state index in [2.05, 4.69) is 38.2 Å². The van der Waals surface area contributed by atoms with E-state index in [4.69, 9.17) is 5.26 Å². The molecule has 6 heteroatoms. The molecule has 168 valence electrons.